The van der Waals surface area contributed by atoms with Gasteiger partial charge in [0.15, 0.2) is 30.3 Å². The molecule has 0 saturated heterocycles. The summed E-state index contributed by atoms with van der Waals surface area (Å²) < 4.78 is 32.6. The second-order valence-corrected chi connectivity index (χ2v) is 6.92. The molecule has 28 heavy (non-hydrogen) atoms. The Kier molecular flexibility index (Phi) is 7.51. The van der Waals surface area contributed by atoms with Crippen molar-refractivity contribution in [2.45, 2.75) is 4.90 Å². The standard InChI is InChI=1S/C19H18F2N2O4S/c1-23(19(26)14-5-3-2-4-12(14)10-24)6-7-28-13-8-15(20)18(16(21)9-13)27-11-17(22)25/h2-5,8-10H,6-7,11H2,1H3,(H2,22,25). The average molecular weight is 408 g/mol. The number of nitrogens with two attached hydrogens (primary N) is 1. The number of aldehydes is 1. The van der Waals surface area contributed by atoms with Crippen LogP contribution in [0.15, 0.2) is 41.3 Å². The molecule has 0 saturated carbocycles. The van der Waals surface area contributed by atoms with Gasteiger partial charge < -0.3 is 15.4 Å². The van der Waals surface area contributed by atoms with Crippen LogP contribution >= 0.6 is 11.8 Å². The molecule has 2 aromatic carbocycles. The molecule has 0 bridgehead atoms. The second kappa shape index (κ2) is 9.84. The van der Waals surface area contributed by atoms with Gasteiger partial charge in [-0.1, -0.05) is 18.2 Å². The summed E-state index contributed by atoms with van der Waals surface area (Å²) in [6.07, 6.45) is 0.614. The van der Waals surface area contributed by atoms with Crippen molar-refractivity contribution in [2.24, 2.45) is 5.73 Å². The molecule has 0 fully saturated rings. The summed E-state index contributed by atoms with van der Waals surface area (Å²) in [6.45, 7) is -0.338. The molecular weight excluding hydrogens is 390 g/mol. The van der Waals surface area contributed by atoms with Crippen molar-refractivity contribution in [3.05, 3.63) is 59.2 Å². The van der Waals surface area contributed by atoms with Gasteiger partial charge in [0, 0.05) is 29.8 Å². The summed E-state index contributed by atoms with van der Waals surface area (Å²) in [5.74, 6) is -3.37. The maximum atomic E-state index is 14.0. The lowest BCUT2D eigenvalue weighted by Gasteiger charge is -2.18. The maximum Gasteiger partial charge on any atom is 0.255 e. The minimum absolute atomic E-state index is 0.290. The lowest BCUT2D eigenvalue weighted by atomic mass is 10.1. The maximum absolute atomic E-state index is 14.0. The van der Waals surface area contributed by atoms with Gasteiger partial charge in [-0.05, 0) is 18.2 Å². The van der Waals surface area contributed by atoms with E-state index in [2.05, 4.69) is 0 Å². The summed E-state index contributed by atoms with van der Waals surface area (Å²) in [5, 5.41) is 0. The third kappa shape index (κ3) is 5.53. The van der Waals surface area contributed by atoms with Crippen LogP contribution in [0.5, 0.6) is 5.75 Å². The number of amides is 2. The van der Waals surface area contributed by atoms with Gasteiger partial charge in [0.25, 0.3) is 11.8 Å². The molecule has 0 heterocycles. The number of ether oxygens (including phenoxy) is 1. The number of halogens is 2. The van der Waals surface area contributed by atoms with Crippen LogP contribution in [0.1, 0.15) is 20.7 Å². The monoisotopic (exact) mass is 408 g/mol. The van der Waals surface area contributed by atoms with Gasteiger partial charge in [-0.3, -0.25) is 14.4 Å². The zero-order valence-corrected chi connectivity index (χ0v) is 15.8. The summed E-state index contributed by atoms with van der Waals surface area (Å²) in [7, 11) is 1.58. The van der Waals surface area contributed by atoms with E-state index in [-0.39, 0.29) is 11.5 Å². The molecule has 0 radical (unpaired) electrons. The van der Waals surface area contributed by atoms with Crippen molar-refractivity contribution in [1.29, 1.82) is 0 Å². The molecule has 0 atom stereocenters. The number of hydrogen-bond donors (Lipinski definition) is 1. The highest BCUT2D eigenvalue weighted by molar-refractivity contribution is 7.99. The molecule has 2 rings (SSSR count). The van der Waals surface area contributed by atoms with Crippen LogP contribution in [0.3, 0.4) is 0 Å². The fourth-order valence-electron chi connectivity index (χ4n) is 2.30. The number of hydrogen-bond acceptors (Lipinski definition) is 5. The Labute approximate surface area is 164 Å². The molecule has 2 amide bonds. The van der Waals surface area contributed by atoms with E-state index in [9.17, 15) is 23.2 Å². The number of primary amides is 1. The van der Waals surface area contributed by atoms with Gasteiger partial charge in [0.05, 0.1) is 5.56 Å². The smallest absolute Gasteiger partial charge is 0.255 e. The molecule has 0 aliphatic carbocycles. The zero-order chi connectivity index (χ0) is 20.7. The normalized spacial score (nSPS) is 10.4. The predicted octanol–water partition coefficient (Wildman–Crippen LogP) is 2.51. The van der Waals surface area contributed by atoms with E-state index >= 15 is 0 Å². The summed E-state index contributed by atoms with van der Waals surface area (Å²) >= 11 is 1.14. The molecule has 2 N–H and O–H groups in total. The molecule has 148 valence electrons. The number of benzene rings is 2. The first kappa shape index (κ1) is 21.4. The van der Waals surface area contributed by atoms with Crippen molar-refractivity contribution in [1.82, 2.24) is 4.90 Å². The molecule has 0 aliphatic heterocycles. The zero-order valence-electron chi connectivity index (χ0n) is 15.0. The van der Waals surface area contributed by atoms with E-state index < -0.39 is 29.9 Å². The van der Waals surface area contributed by atoms with Crippen molar-refractivity contribution < 1.29 is 27.9 Å². The number of carbonyl (C=O) groups excluding carboxylic acids is 3. The molecule has 9 heteroatoms. The first-order valence-electron chi connectivity index (χ1n) is 8.16. The van der Waals surface area contributed by atoms with E-state index in [1.807, 2.05) is 0 Å². The molecule has 0 unspecified atom stereocenters. The molecule has 6 nitrogen and oxygen atoms in total. The van der Waals surface area contributed by atoms with Crippen LogP contribution in [0, 0.1) is 11.6 Å². The van der Waals surface area contributed by atoms with Crippen molar-refractivity contribution in [3.8, 4) is 5.75 Å². The highest BCUT2D eigenvalue weighted by Gasteiger charge is 2.16. The largest absolute Gasteiger partial charge is 0.478 e. The molecule has 2 aromatic rings. The van der Waals surface area contributed by atoms with Crippen LogP contribution in [-0.4, -0.2) is 49.0 Å². The quantitative estimate of drug-likeness (QED) is 0.509. The van der Waals surface area contributed by atoms with Gasteiger partial charge in [-0.2, -0.15) is 0 Å². The highest BCUT2D eigenvalue weighted by Crippen LogP contribution is 2.28. The SMILES string of the molecule is CN(CCSc1cc(F)c(OCC(N)=O)c(F)c1)C(=O)c1ccccc1C=O. The van der Waals surface area contributed by atoms with Crippen molar-refractivity contribution in [2.75, 3.05) is 26.0 Å². The number of carbonyl (C=O) groups is 3. The summed E-state index contributed by atoms with van der Waals surface area (Å²) in [4.78, 5) is 35.9. The molecular formula is C19H18F2N2O4S. The van der Waals surface area contributed by atoms with Crippen LogP contribution in [0.25, 0.3) is 0 Å². The van der Waals surface area contributed by atoms with E-state index in [0.29, 0.717) is 29.0 Å². The fourth-order valence-corrected chi connectivity index (χ4v) is 3.28. The minimum Gasteiger partial charge on any atom is -0.478 e. The van der Waals surface area contributed by atoms with E-state index in [0.717, 1.165) is 23.9 Å². The Bertz CT molecular complexity index is 869. The summed E-state index contributed by atoms with van der Waals surface area (Å²) in [5.41, 5.74) is 5.47. The van der Waals surface area contributed by atoms with Gasteiger partial charge in [0.2, 0.25) is 0 Å². The van der Waals surface area contributed by atoms with Crippen LogP contribution < -0.4 is 10.5 Å². The Morgan fingerprint density at radius 1 is 1.21 bits per heavy atom. The third-order valence-electron chi connectivity index (χ3n) is 3.69. The lowest BCUT2D eigenvalue weighted by molar-refractivity contribution is -0.120. The Balaban J connectivity index is 1.96. The fraction of sp³-hybridized carbons (Fsp3) is 0.211. The molecule has 0 aliphatic rings. The number of rotatable bonds is 9. The lowest BCUT2D eigenvalue weighted by Crippen LogP contribution is -2.29. The third-order valence-corrected chi connectivity index (χ3v) is 4.65. The van der Waals surface area contributed by atoms with Crippen LogP contribution in [-0.2, 0) is 4.79 Å². The Hall–Kier alpha value is -2.94. The highest BCUT2D eigenvalue weighted by atomic mass is 32.2. The van der Waals surface area contributed by atoms with E-state index in [1.165, 1.54) is 4.90 Å². The second-order valence-electron chi connectivity index (χ2n) is 5.75. The van der Waals surface area contributed by atoms with Gasteiger partial charge in [-0.25, -0.2) is 8.78 Å². The molecule has 0 spiro atoms. The Morgan fingerprint density at radius 3 is 2.46 bits per heavy atom. The first-order chi connectivity index (χ1) is 13.3. The number of nitrogens with zero attached hydrogens (tertiary/aromatic N) is 1. The minimum atomic E-state index is -0.951. The van der Waals surface area contributed by atoms with Crippen molar-refractivity contribution in [3.63, 3.8) is 0 Å². The Morgan fingerprint density at radius 2 is 1.86 bits per heavy atom. The van der Waals surface area contributed by atoms with E-state index in [1.54, 1.807) is 31.3 Å². The van der Waals surface area contributed by atoms with E-state index in [4.69, 9.17) is 10.5 Å². The van der Waals surface area contributed by atoms with Gasteiger partial charge >= 0.3 is 0 Å². The topological polar surface area (TPSA) is 89.7 Å². The number of thioether (sulfide) groups is 1. The first-order valence-corrected chi connectivity index (χ1v) is 9.14. The molecule has 0 aromatic heterocycles. The predicted molar refractivity (Wildman–Crippen MR) is 101 cm³/mol. The van der Waals surface area contributed by atoms with Gasteiger partial charge in [0.1, 0.15) is 0 Å². The summed E-state index contributed by atoms with van der Waals surface area (Å²) in [6, 6.07) is 8.59. The van der Waals surface area contributed by atoms with Gasteiger partial charge in [-0.15, -0.1) is 11.8 Å². The van der Waals surface area contributed by atoms with Crippen LogP contribution in [0.4, 0.5) is 8.78 Å². The van der Waals surface area contributed by atoms with Crippen LogP contribution in [0.2, 0.25) is 0 Å². The average Bonchev–Trinajstić information content (AvgIpc) is 2.66. The van der Waals surface area contributed by atoms with Crippen molar-refractivity contribution >= 4 is 29.9 Å².